The molecule has 70 valence electrons. The van der Waals surface area contributed by atoms with Crippen molar-refractivity contribution in [2.45, 2.75) is 18.9 Å². The van der Waals surface area contributed by atoms with Crippen LogP contribution in [0.3, 0.4) is 0 Å². The van der Waals surface area contributed by atoms with E-state index in [2.05, 4.69) is 0 Å². The second-order valence-electron chi connectivity index (χ2n) is 3.02. The standard InChI is InChI=1S/C8H16N2O2/c1-12-5-4-10(7-2-3-7)8(11)6-9/h7H,2-6,9H2,1H3. The highest BCUT2D eigenvalue weighted by molar-refractivity contribution is 5.78. The predicted molar refractivity (Wildman–Crippen MR) is 45.7 cm³/mol. The van der Waals surface area contributed by atoms with Crippen molar-refractivity contribution in [2.24, 2.45) is 5.73 Å². The third-order valence-electron chi connectivity index (χ3n) is 2.02. The molecule has 1 amide bonds. The summed E-state index contributed by atoms with van der Waals surface area (Å²) in [5.74, 6) is 0.0366. The number of carbonyl (C=O) groups excluding carboxylic acids is 1. The summed E-state index contributed by atoms with van der Waals surface area (Å²) in [5, 5.41) is 0. The Hall–Kier alpha value is -0.610. The fraction of sp³-hybridized carbons (Fsp3) is 0.875. The quantitative estimate of drug-likeness (QED) is 0.613. The molecule has 0 aromatic carbocycles. The van der Waals surface area contributed by atoms with Gasteiger partial charge in [-0.3, -0.25) is 4.79 Å². The van der Waals surface area contributed by atoms with Gasteiger partial charge in [0.05, 0.1) is 13.2 Å². The lowest BCUT2D eigenvalue weighted by Crippen LogP contribution is -2.39. The molecular weight excluding hydrogens is 156 g/mol. The zero-order chi connectivity index (χ0) is 8.97. The second kappa shape index (κ2) is 4.42. The highest BCUT2D eigenvalue weighted by Gasteiger charge is 2.31. The van der Waals surface area contributed by atoms with E-state index in [1.165, 1.54) is 0 Å². The fourth-order valence-electron chi connectivity index (χ4n) is 1.20. The topological polar surface area (TPSA) is 55.6 Å². The van der Waals surface area contributed by atoms with Crippen molar-refractivity contribution >= 4 is 5.91 Å². The van der Waals surface area contributed by atoms with E-state index in [4.69, 9.17) is 10.5 Å². The molecule has 12 heavy (non-hydrogen) atoms. The maximum atomic E-state index is 11.2. The summed E-state index contributed by atoms with van der Waals surface area (Å²) in [7, 11) is 1.64. The molecule has 4 heteroatoms. The van der Waals surface area contributed by atoms with Crippen LogP contribution in [0.4, 0.5) is 0 Å². The first-order valence-electron chi connectivity index (χ1n) is 4.28. The first kappa shape index (κ1) is 9.48. The molecule has 1 rings (SSSR count). The van der Waals surface area contributed by atoms with Crippen LogP contribution in [0.1, 0.15) is 12.8 Å². The number of carbonyl (C=O) groups is 1. The first-order chi connectivity index (χ1) is 5.79. The van der Waals surface area contributed by atoms with E-state index < -0.39 is 0 Å². The number of nitrogens with two attached hydrogens (primary N) is 1. The lowest BCUT2D eigenvalue weighted by Gasteiger charge is -2.20. The monoisotopic (exact) mass is 172 g/mol. The summed E-state index contributed by atoms with van der Waals surface area (Å²) in [5.41, 5.74) is 5.28. The summed E-state index contributed by atoms with van der Waals surface area (Å²) in [6.07, 6.45) is 2.24. The van der Waals surface area contributed by atoms with Gasteiger partial charge >= 0.3 is 0 Å². The van der Waals surface area contributed by atoms with Crippen LogP contribution in [0.5, 0.6) is 0 Å². The minimum Gasteiger partial charge on any atom is -0.383 e. The van der Waals surface area contributed by atoms with Gasteiger partial charge in [0, 0.05) is 19.7 Å². The van der Waals surface area contributed by atoms with Crippen LogP contribution in [-0.2, 0) is 9.53 Å². The molecule has 2 N–H and O–H groups in total. The van der Waals surface area contributed by atoms with E-state index >= 15 is 0 Å². The van der Waals surface area contributed by atoms with Gasteiger partial charge in [0.15, 0.2) is 0 Å². The molecule has 0 atom stereocenters. The van der Waals surface area contributed by atoms with Gasteiger partial charge in [-0.2, -0.15) is 0 Å². The van der Waals surface area contributed by atoms with Gasteiger partial charge in [-0.05, 0) is 12.8 Å². The molecule has 1 aliphatic rings. The van der Waals surface area contributed by atoms with Crippen LogP contribution in [-0.4, -0.2) is 43.7 Å². The molecule has 4 nitrogen and oxygen atoms in total. The Balaban J connectivity index is 2.32. The minimum atomic E-state index is 0.0366. The highest BCUT2D eigenvalue weighted by atomic mass is 16.5. The normalized spacial score (nSPS) is 16.2. The second-order valence-corrected chi connectivity index (χ2v) is 3.02. The predicted octanol–water partition coefficient (Wildman–Crippen LogP) is -0.417. The van der Waals surface area contributed by atoms with Crippen LogP contribution >= 0.6 is 0 Å². The molecule has 0 spiro atoms. The molecule has 0 radical (unpaired) electrons. The summed E-state index contributed by atoms with van der Waals surface area (Å²) < 4.78 is 4.91. The Bertz CT molecular complexity index is 157. The summed E-state index contributed by atoms with van der Waals surface area (Å²) >= 11 is 0. The summed E-state index contributed by atoms with van der Waals surface area (Å²) in [6, 6.07) is 0.441. The number of hydrogen-bond acceptors (Lipinski definition) is 3. The van der Waals surface area contributed by atoms with Crippen LogP contribution in [0.15, 0.2) is 0 Å². The summed E-state index contributed by atoms with van der Waals surface area (Å²) in [4.78, 5) is 13.1. The van der Waals surface area contributed by atoms with E-state index in [1.54, 1.807) is 7.11 Å². The number of methoxy groups -OCH3 is 1. The van der Waals surface area contributed by atoms with Gasteiger partial charge < -0.3 is 15.4 Å². The van der Waals surface area contributed by atoms with Crippen molar-refractivity contribution in [2.75, 3.05) is 26.8 Å². The Kier molecular flexibility index (Phi) is 3.49. The third-order valence-corrected chi connectivity index (χ3v) is 2.02. The third kappa shape index (κ3) is 2.46. The molecule has 0 aromatic heterocycles. The van der Waals surface area contributed by atoms with Crippen molar-refractivity contribution < 1.29 is 9.53 Å². The summed E-state index contributed by atoms with van der Waals surface area (Å²) in [6.45, 7) is 1.39. The molecule has 0 heterocycles. The Morgan fingerprint density at radius 1 is 1.67 bits per heavy atom. The highest BCUT2D eigenvalue weighted by Crippen LogP contribution is 2.26. The van der Waals surface area contributed by atoms with E-state index in [0.717, 1.165) is 12.8 Å². The van der Waals surface area contributed by atoms with Crippen molar-refractivity contribution in [1.82, 2.24) is 4.90 Å². The fourth-order valence-corrected chi connectivity index (χ4v) is 1.20. The molecule has 0 unspecified atom stereocenters. The Morgan fingerprint density at radius 2 is 2.33 bits per heavy atom. The van der Waals surface area contributed by atoms with E-state index in [1.807, 2.05) is 4.90 Å². The van der Waals surface area contributed by atoms with E-state index in [-0.39, 0.29) is 12.5 Å². The number of amides is 1. The smallest absolute Gasteiger partial charge is 0.236 e. The largest absolute Gasteiger partial charge is 0.383 e. The zero-order valence-corrected chi connectivity index (χ0v) is 7.45. The number of ether oxygens (including phenoxy) is 1. The van der Waals surface area contributed by atoms with E-state index in [9.17, 15) is 4.79 Å². The Morgan fingerprint density at radius 3 is 2.75 bits per heavy atom. The van der Waals surface area contributed by atoms with Crippen LogP contribution in [0.2, 0.25) is 0 Å². The average molecular weight is 172 g/mol. The van der Waals surface area contributed by atoms with Gasteiger partial charge in [-0.15, -0.1) is 0 Å². The molecular formula is C8H16N2O2. The van der Waals surface area contributed by atoms with Crippen molar-refractivity contribution in [3.63, 3.8) is 0 Å². The zero-order valence-electron chi connectivity index (χ0n) is 7.45. The lowest BCUT2D eigenvalue weighted by atomic mass is 10.4. The van der Waals surface area contributed by atoms with E-state index in [0.29, 0.717) is 19.2 Å². The maximum absolute atomic E-state index is 11.2. The van der Waals surface area contributed by atoms with Gasteiger partial charge in [-0.25, -0.2) is 0 Å². The number of hydrogen-bond donors (Lipinski definition) is 1. The molecule has 1 fully saturated rings. The first-order valence-corrected chi connectivity index (χ1v) is 4.28. The number of nitrogens with zero attached hydrogens (tertiary/aromatic N) is 1. The molecule has 0 bridgehead atoms. The van der Waals surface area contributed by atoms with Crippen LogP contribution < -0.4 is 5.73 Å². The van der Waals surface area contributed by atoms with Gasteiger partial charge in [0.1, 0.15) is 0 Å². The lowest BCUT2D eigenvalue weighted by molar-refractivity contribution is -0.130. The van der Waals surface area contributed by atoms with Crippen LogP contribution in [0.25, 0.3) is 0 Å². The van der Waals surface area contributed by atoms with Gasteiger partial charge in [0.2, 0.25) is 5.91 Å². The molecule has 0 aliphatic heterocycles. The van der Waals surface area contributed by atoms with Crippen LogP contribution in [0, 0.1) is 0 Å². The van der Waals surface area contributed by atoms with Gasteiger partial charge in [-0.1, -0.05) is 0 Å². The average Bonchev–Trinajstić information content (AvgIpc) is 2.88. The molecule has 1 saturated carbocycles. The SMILES string of the molecule is COCCN(C(=O)CN)C1CC1. The van der Waals surface area contributed by atoms with Gasteiger partial charge in [0.25, 0.3) is 0 Å². The van der Waals surface area contributed by atoms with Crippen molar-refractivity contribution in [1.29, 1.82) is 0 Å². The maximum Gasteiger partial charge on any atom is 0.236 e. The molecule has 0 saturated heterocycles. The minimum absolute atomic E-state index is 0.0366. The molecule has 0 aromatic rings. The Labute approximate surface area is 72.7 Å². The van der Waals surface area contributed by atoms with Crippen molar-refractivity contribution in [3.8, 4) is 0 Å². The molecule has 1 aliphatic carbocycles. The van der Waals surface area contributed by atoms with Crippen molar-refractivity contribution in [3.05, 3.63) is 0 Å². The number of rotatable bonds is 5.